The quantitative estimate of drug-likeness (QED) is 0.593. The van der Waals surface area contributed by atoms with Crippen LogP contribution in [0.4, 0.5) is 5.69 Å². The lowest BCUT2D eigenvalue weighted by Crippen LogP contribution is -2.51. The number of ether oxygens (including phenoxy) is 1. The fraction of sp³-hybridized carbons (Fsp3) is 0.500. The molecule has 0 aliphatic carbocycles. The van der Waals surface area contributed by atoms with E-state index < -0.39 is 24.5 Å². The smallest absolute Gasteiger partial charge is 0.130 e. The van der Waals surface area contributed by atoms with Crippen LogP contribution in [-0.2, 0) is 4.74 Å². The van der Waals surface area contributed by atoms with Gasteiger partial charge >= 0.3 is 0 Å². The van der Waals surface area contributed by atoms with Crippen molar-refractivity contribution in [2.45, 2.75) is 31.0 Å². The number of hydrogen-bond donors (Lipinski definition) is 4. The summed E-state index contributed by atoms with van der Waals surface area (Å²) in [5.74, 6) is 0. The monoisotopic (exact) mass is 239 g/mol. The first-order valence-electron chi connectivity index (χ1n) is 5.64. The summed E-state index contributed by atoms with van der Waals surface area (Å²) in [5, 5.41) is 31.3. The van der Waals surface area contributed by atoms with Crippen LogP contribution >= 0.6 is 0 Å². The molecule has 4 N–H and O–H groups in total. The Kier molecular flexibility index (Phi) is 3.96. The Balaban J connectivity index is 1.98. The molecule has 5 nitrogen and oxygen atoms in total. The van der Waals surface area contributed by atoms with E-state index in [-0.39, 0.29) is 13.0 Å². The Morgan fingerprint density at radius 3 is 2.59 bits per heavy atom. The Morgan fingerprint density at radius 1 is 1.24 bits per heavy atom. The van der Waals surface area contributed by atoms with Gasteiger partial charge in [0.2, 0.25) is 0 Å². The molecule has 1 saturated heterocycles. The number of aliphatic hydroxyl groups excluding tert-OH is 3. The van der Waals surface area contributed by atoms with Crippen molar-refractivity contribution in [2.75, 3.05) is 11.9 Å². The molecule has 0 unspecified atom stereocenters. The van der Waals surface area contributed by atoms with Crippen LogP contribution in [0.3, 0.4) is 0 Å². The van der Waals surface area contributed by atoms with Crippen molar-refractivity contribution in [3.05, 3.63) is 30.3 Å². The first-order valence-corrected chi connectivity index (χ1v) is 5.64. The number of anilines is 1. The van der Waals surface area contributed by atoms with E-state index in [1.165, 1.54) is 0 Å². The predicted molar refractivity (Wildman–Crippen MR) is 62.4 cm³/mol. The van der Waals surface area contributed by atoms with E-state index in [1.807, 2.05) is 30.3 Å². The summed E-state index contributed by atoms with van der Waals surface area (Å²) in [6.07, 6.45) is -2.80. The van der Waals surface area contributed by atoms with Gasteiger partial charge in [0.15, 0.2) is 0 Å². The standard InChI is InChI=1S/C12H17NO4/c14-7-10-12(16)9(15)6-11(17-10)13-8-4-2-1-3-5-8/h1-5,9-16H,6-7H2/t9-,10-,11+,12+/m1/s1. The summed E-state index contributed by atoms with van der Waals surface area (Å²) in [7, 11) is 0. The normalized spacial score (nSPS) is 33.4. The summed E-state index contributed by atoms with van der Waals surface area (Å²) in [6, 6.07) is 9.45. The van der Waals surface area contributed by atoms with Crippen molar-refractivity contribution in [1.82, 2.24) is 0 Å². The summed E-state index contributed by atoms with van der Waals surface area (Å²) < 4.78 is 5.45. The lowest BCUT2D eigenvalue weighted by atomic mass is 10.0. The molecule has 4 atom stereocenters. The maximum Gasteiger partial charge on any atom is 0.130 e. The molecular formula is C12H17NO4. The largest absolute Gasteiger partial charge is 0.394 e. The van der Waals surface area contributed by atoms with Crippen molar-refractivity contribution < 1.29 is 20.1 Å². The van der Waals surface area contributed by atoms with Gasteiger partial charge in [0.25, 0.3) is 0 Å². The minimum atomic E-state index is -1.03. The highest BCUT2D eigenvalue weighted by Gasteiger charge is 2.36. The highest BCUT2D eigenvalue weighted by molar-refractivity contribution is 5.43. The van der Waals surface area contributed by atoms with Crippen LogP contribution in [-0.4, -0.2) is 46.5 Å². The molecule has 0 radical (unpaired) electrons. The van der Waals surface area contributed by atoms with Gasteiger partial charge in [-0.1, -0.05) is 18.2 Å². The second kappa shape index (κ2) is 5.46. The Hall–Kier alpha value is -1.14. The third-order valence-electron chi connectivity index (χ3n) is 2.85. The van der Waals surface area contributed by atoms with Crippen molar-refractivity contribution in [3.63, 3.8) is 0 Å². The van der Waals surface area contributed by atoms with E-state index in [1.54, 1.807) is 0 Å². The lowest BCUT2D eigenvalue weighted by Gasteiger charge is -2.36. The number of rotatable bonds is 3. The van der Waals surface area contributed by atoms with Gasteiger partial charge in [-0.3, -0.25) is 0 Å². The highest BCUT2D eigenvalue weighted by atomic mass is 16.5. The molecule has 5 heteroatoms. The summed E-state index contributed by atoms with van der Waals surface area (Å²) in [6.45, 7) is -0.314. The van der Waals surface area contributed by atoms with Gasteiger partial charge in [-0.15, -0.1) is 0 Å². The van der Waals surface area contributed by atoms with Crippen LogP contribution in [0.2, 0.25) is 0 Å². The van der Waals surface area contributed by atoms with Crippen molar-refractivity contribution in [1.29, 1.82) is 0 Å². The third-order valence-corrected chi connectivity index (χ3v) is 2.85. The fourth-order valence-electron chi connectivity index (χ4n) is 1.92. The van der Waals surface area contributed by atoms with Gasteiger partial charge < -0.3 is 25.4 Å². The number of hydrogen-bond acceptors (Lipinski definition) is 5. The minimum absolute atomic E-state index is 0.284. The van der Waals surface area contributed by atoms with Crippen LogP contribution in [0.25, 0.3) is 0 Å². The van der Waals surface area contributed by atoms with E-state index in [9.17, 15) is 10.2 Å². The molecular weight excluding hydrogens is 222 g/mol. The number of nitrogens with one attached hydrogen (secondary N) is 1. The molecule has 0 saturated carbocycles. The average molecular weight is 239 g/mol. The molecule has 1 aliphatic rings. The van der Waals surface area contributed by atoms with Crippen LogP contribution in [0, 0.1) is 0 Å². The molecule has 1 aliphatic heterocycles. The third kappa shape index (κ3) is 2.95. The van der Waals surface area contributed by atoms with Crippen molar-refractivity contribution in [2.24, 2.45) is 0 Å². The molecule has 0 spiro atoms. The fourth-order valence-corrected chi connectivity index (χ4v) is 1.92. The predicted octanol–water partition coefficient (Wildman–Crippen LogP) is -0.0724. The molecule has 0 aromatic heterocycles. The molecule has 0 amide bonds. The number of para-hydroxylation sites is 1. The SMILES string of the molecule is OC[C@H]1O[C@H](Nc2ccccc2)C[C@@H](O)[C@@H]1O. The first-order chi connectivity index (χ1) is 8.20. The maximum atomic E-state index is 9.65. The number of benzene rings is 1. The van der Waals surface area contributed by atoms with Crippen LogP contribution in [0.5, 0.6) is 0 Å². The number of aliphatic hydroxyl groups is 3. The van der Waals surface area contributed by atoms with Crippen molar-refractivity contribution >= 4 is 5.69 Å². The molecule has 0 bridgehead atoms. The second-order valence-electron chi connectivity index (χ2n) is 4.15. The zero-order chi connectivity index (χ0) is 12.3. The van der Waals surface area contributed by atoms with Gasteiger partial charge in [-0.2, -0.15) is 0 Å². The van der Waals surface area contributed by atoms with Gasteiger partial charge in [0, 0.05) is 12.1 Å². The zero-order valence-corrected chi connectivity index (χ0v) is 9.36. The highest BCUT2D eigenvalue weighted by Crippen LogP contribution is 2.21. The average Bonchev–Trinajstić information content (AvgIpc) is 2.35. The van der Waals surface area contributed by atoms with E-state index in [4.69, 9.17) is 9.84 Å². The van der Waals surface area contributed by atoms with Gasteiger partial charge in [-0.25, -0.2) is 0 Å². The van der Waals surface area contributed by atoms with E-state index in [0.717, 1.165) is 5.69 Å². The van der Waals surface area contributed by atoms with E-state index >= 15 is 0 Å². The van der Waals surface area contributed by atoms with E-state index in [0.29, 0.717) is 0 Å². The molecule has 2 rings (SSSR count). The minimum Gasteiger partial charge on any atom is -0.394 e. The zero-order valence-electron chi connectivity index (χ0n) is 9.36. The Labute approximate surface area is 99.7 Å². The molecule has 1 aromatic carbocycles. The molecule has 94 valence electrons. The van der Waals surface area contributed by atoms with Gasteiger partial charge in [0.05, 0.1) is 12.7 Å². The maximum absolute atomic E-state index is 9.65. The van der Waals surface area contributed by atoms with Gasteiger partial charge in [0.1, 0.15) is 18.4 Å². The summed E-state index contributed by atoms with van der Waals surface area (Å²) in [5.41, 5.74) is 0.873. The van der Waals surface area contributed by atoms with E-state index in [2.05, 4.69) is 5.32 Å². The second-order valence-corrected chi connectivity index (χ2v) is 4.15. The summed E-state index contributed by atoms with van der Waals surface area (Å²) >= 11 is 0. The van der Waals surface area contributed by atoms with Crippen LogP contribution in [0.15, 0.2) is 30.3 Å². The molecule has 1 heterocycles. The lowest BCUT2D eigenvalue weighted by molar-refractivity contribution is -0.172. The van der Waals surface area contributed by atoms with Crippen molar-refractivity contribution in [3.8, 4) is 0 Å². The van der Waals surface area contributed by atoms with Crippen LogP contribution in [0.1, 0.15) is 6.42 Å². The Morgan fingerprint density at radius 2 is 1.94 bits per heavy atom. The molecule has 1 fully saturated rings. The Bertz CT molecular complexity index is 346. The topological polar surface area (TPSA) is 82.0 Å². The molecule has 1 aromatic rings. The summed E-state index contributed by atoms with van der Waals surface area (Å²) in [4.78, 5) is 0. The molecule has 17 heavy (non-hydrogen) atoms. The van der Waals surface area contributed by atoms with Gasteiger partial charge in [-0.05, 0) is 12.1 Å². The first kappa shape index (κ1) is 12.3. The van der Waals surface area contributed by atoms with Crippen LogP contribution < -0.4 is 5.32 Å².